The fourth-order valence-corrected chi connectivity index (χ4v) is 1.21. The van der Waals surface area contributed by atoms with Gasteiger partial charge in [-0.15, -0.1) is 0 Å². The van der Waals surface area contributed by atoms with E-state index in [1.54, 1.807) is 13.0 Å². The maximum absolute atomic E-state index is 12.1. The first-order valence-electron chi connectivity index (χ1n) is 5.51. The summed E-state index contributed by atoms with van der Waals surface area (Å²) in [5, 5.41) is 11.3. The third-order valence-electron chi connectivity index (χ3n) is 2.08. The van der Waals surface area contributed by atoms with Gasteiger partial charge in [0.15, 0.2) is 0 Å². The number of rotatable bonds is 7. The fraction of sp³-hybridized carbons (Fsp3) is 0.900. The van der Waals surface area contributed by atoms with Gasteiger partial charge in [-0.3, -0.25) is 0 Å². The van der Waals surface area contributed by atoms with Crippen LogP contribution in [0.5, 0.6) is 0 Å². The maximum Gasteiger partial charge on any atom is 0.423 e. The van der Waals surface area contributed by atoms with E-state index in [0.29, 0.717) is 13.0 Å². The molecule has 0 heterocycles. The van der Waals surface area contributed by atoms with E-state index >= 15 is 0 Å². The lowest BCUT2D eigenvalue weighted by Crippen LogP contribution is -2.45. The molecule has 0 radical (unpaired) electrons. The zero-order valence-corrected chi connectivity index (χ0v) is 10.1. The molecule has 112 valence electrons. The molecule has 0 aliphatic rings. The molecule has 0 aromatic carbocycles. The summed E-state index contributed by atoms with van der Waals surface area (Å²) in [7, 11) is 0. The summed E-state index contributed by atoms with van der Waals surface area (Å²) in [4.78, 5) is 0. The van der Waals surface area contributed by atoms with Gasteiger partial charge in [-0.2, -0.15) is 31.6 Å². The van der Waals surface area contributed by atoms with Gasteiger partial charge in [-0.1, -0.05) is 6.92 Å². The lowest BCUT2D eigenvalue weighted by molar-refractivity contribution is -0.321. The minimum Gasteiger partial charge on any atom is -0.361 e. The van der Waals surface area contributed by atoms with Crippen molar-refractivity contribution in [1.29, 1.82) is 5.26 Å². The van der Waals surface area contributed by atoms with Crippen LogP contribution in [0.4, 0.5) is 26.3 Å². The number of halogens is 6. The van der Waals surface area contributed by atoms with E-state index in [9.17, 15) is 26.3 Å². The molecule has 19 heavy (non-hydrogen) atoms. The normalized spacial score (nSPS) is 14.5. The molecule has 0 amide bonds. The minimum absolute atomic E-state index is 0.251. The summed E-state index contributed by atoms with van der Waals surface area (Å²) in [5.41, 5.74) is 0. The highest BCUT2D eigenvalue weighted by Gasteiger charge is 2.57. The quantitative estimate of drug-likeness (QED) is 0.734. The summed E-state index contributed by atoms with van der Waals surface area (Å²) in [5.74, 6) is 0. The second-order valence-corrected chi connectivity index (χ2v) is 3.76. The summed E-state index contributed by atoms with van der Waals surface area (Å²) < 4.78 is 76.4. The average Bonchev–Trinajstić information content (AvgIpc) is 2.24. The van der Waals surface area contributed by atoms with Crippen LogP contribution in [0.25, 0.3) is 0 Å². The SMILES string of the molecule is CCCNC(C#N)CCOC(C(F)(F)F)C(F)(F)F. The Morgan fingerprint density at radius 3 is 2.05 bits per heavy atom. The molecular formula is C10H14F6N2O. The number of hydrogen-bond donors (Lipinski definition) is 1. The fourth-order valence-electron chi connectivity index (χ4n) is 1.21. The zero-order chi connectivity index (χ0) is 15.1. The Morgan fingerprint density at radius 1 is 1.16 bits per heavy atom. The molecule has 0 aliphatic carbocycles. The molecular weight excluding hydrogens is 278 g/mol. The summed E-state index contributed by atoms with van der Waals surface area (Å²) in [6.45, 7) is 1.44. The van der Waals surface area contributed by atoms with Gasteiger partial charge in [0.05, 0.1) is 18.7 Å². The molecule has 0 fully saturated rings. The van der Waals surface area contributed by atoms with Crippen LogP contribution >= 0.6 is 0 Å². The standard InChI is InChI=1S/C10H14F6N2O/c1-2-4-18-7(6-17)3-5-19-8(9(11,12)13)10(14,15)16/h7-8,18H,2-5H2,1H3. The third-order valence-corrected chi connectivity index (χ3v) is 2.08. The molecule has 3 nitrogen and oxygen atoms in total. The van der Waals surface area contributed by atoms with Crippen molar-refractivity contribution in [2.24, 2.45) is 0 Å². The Kier molecular flexibility index (Phi) is 7.15. The number of nitriles is 1. The average molecular weight is 292 g/mol. The molecule has 1 N–H and O–H groups in total. The second kappa shape index (κ2) is 7.55. The first-order chi connectivity index (χ1) is 8.62. The van der Waals surface area contributed by atoms with Gasteiger partial charge in [0.1, 0.15) is 0 Å². The Bertz CT molecular complexity index is 282. The monoisotopic (exact) mass is 292 g/mol. The van der Waals surface area contributed by atoms with Crippen molar-refractivity contribution in [3.8, 4) is 6.07 Å². The highest BCUT2D eigenvalue weighted by atomic mass is 19.4. The molecule has 0 aliphatic heterocycles. The zero-order valence-electron chi connectivity index (χ0n) is 10.1. The Morgan fingerprint density at radius 2 is 1.68 bits per heavy atom. The number of ether oxygens (including phenoxy) is 1. The van der Waals surface area contributed by atoms with Gasteiger partial charge >= 0.3 is 12.4 Å². The predicted octanol–water partition coefficient (Wildman–Crippen LogP) is 2.78. The molecule has 0 saturated carbocycles. The van der Waals surface area contributed by atoms with Gasteiger partial charge in [0.25, 0.3) is 0 Å². The molecule has 0 spiro atoms. The third kappa shape index (κ3) is 7.22. The lowest BCUT2D eigenvalue weighted by atomic mass is 10.2. The first-order valence-corrected chi connectivity index (χ1v) is 5.51. The van der Waals surface area contributed by atoms with Crippen molar-refractivity contribution in [3.63, 3.8) is 0 Å². The Labute approximate surface area is 106 Å². The summed E-state index contributed by atoms with van der Waals surface area (Å²) in [6, 6.07) is 0.903. The Balaban J connectivity index is 4.31. The van der Waals surface area contributed by atoms with Gasteiger partial charge in [-0.25, -0.2) is 0 Å². The van der Waals surface area contributed by atoms with Crippen molar-refractivity contribution >= 4 is 0 Å². The number of nitrogens with one attached hydrogen (secondary N) is 1. The van der Waals surface area contributed by atoms with E-state index in [4.69, 9.17) is 5.26 Å². The first kappa shape index (κ1) is 18.0. The number of alkyl halides is 6. The van der Waals surface area contributed by atoms with Crippen molar-refractivity contribution < 1.29 is 31.1 Å². The van der Waals surface area contributed by atoms with Crippen LogP contribution in [-0.2, 0) is 4.74 Å². The topological polar surface area (TPSA) is 45.0 Å². The maximum atomic E-state index is 12.1. The van der Waals surface area contributed by atoms with Crippen molar-refractivity contribution in [3.05, 3.63) is 0 Å². The van der Waals surface area contributed by atoms with Gasteiger partial charge in [-0.05, 0) is 19.4 Å². The van der Waals surface area contributed by atoms with E-state index in [1.165, 1.54) is 0 Å². The lowest BCUT2D eigenvalue weighted by Gasteiger charge is -2.23. The largest absolute Gasteiger partial charge is 0.423 e. The molecule has 0 rings (SSSR count). The van der Waals surface area contributed by atoms with Crippen LogP contribution in [0.1, 0.15) is 19.8 Å². The summed E-state index contributed by atoms with van der Waals surface area (Å²) in [6.07, 6.45) is -14.4. The van der Waals surface area contributed by atoms with Crippen LogP contribution in [0.3, 0.4) is 0 Å². The van der Waals surface area contributed by atoms with Crippen LogP contribution in [0.2, 0.25) is 0 Å². The van der Waals surface area contributed by atoms with Gasteiger partial charge in [0.2, 0.25) is 6.10 Å². The van der Waals surface area contributed by atoms with Crippen molar-refractivity contribution in [2.45, 2.75) is 44.3 Å². The predicted molar refractivity (Wildman–Crippen MR) is 54.2 cm³/mol. The van der Waals surface area contributed by atoms with Gasteiger partial charge < -0.3 is 10.1 Å². The van der Waals surface area contributed by atoms with E-state index in [-0.39, 0.29) is 6.42 Å². The van der Waals surface area contributed by atoms with Crippen LogP contribution in [0, 0.1) is 11.3 Å². The minimum atomic E-state index is -5.52. The smallest absolute Gasteiger partial charge is 0.361 e. The molecule has 0 aromatic heterocycles. The second-order valence-electron chi connectivity index (χ2n) is 3.76. The molecule has 1 atom stereocenters. The molecule has 0 aromatic rings. The van der Waals surface area contributed by atoms with Crippen molar-refractivity contribution in [1.82, 2.24) is 5.32 Å². The van der Waals surface area contributed by atoms with E-state index < -0.39 is 31.1 Å². The number of nitrogens with zero attached hydrogens (tertiary/aromatic N) is 1. The molecule has 9 heteroatoms. The van der Waals surface area contributed by atoms with Crippen LogP contribution in [0.15, 0.2) is 0 Å². The molecule has 1 unspecified atom stereocenters. The Hall–Kier alpha value is -1.01. The summed E-state index contributed by atoms with van der Waals surface area (Å²) >= 11 is 0. The van der Waals surface area contributed by atoms with Gasteiger partial charge in [0, 0.05) is 0 Å². The van der Waals surface area contributed by atoms with E-state index in [2.05, 4.69) is 10.1 Å². The highest BCUT2D eigenvalue weighted by molar-refractivity contribution is 4.89. The number of hydrogen-bond acceptors (Lipinski definition) is 3. The van der Waals surface area contributed by atoms with Crippen molar-refractivity contribution in [2.75, 3.05) is 13.2 Å². The molecule has 0 saturated heterocycles. The highest BCUT2D eigenvalue weighted by Crippen LogP contribution is 2.35. The van der Waals surface area contributed by atoms with Crippen LogP contribution in [-0.4, -0.2) is 37.7 Å². The van der Waals surface area contributed by atoms with Crippen LogP contribution < -0.4 is 5.32 Å². The van der Waals surface area contributed by atoms with E-state index in [1.807, 2.05) is 0 Å². The molecule has 0 bridgehead atoms. The van der Waals surface area contributed by atoms with E-state index in [0.717, 1.165) is 0 Å².